The Morgan fingerprint density at radius 2 is 1.89 bits per heavy atom. The lowest BCUT2D eigenvalue weighted by molar-refractivity contribution is 0.0615. The van der Waals surface area contributed by atoms with E-state index in [2.05, 4.69) is 15.4 Å². The van der Waals surface area contributed by atoms with Crippen molar-refractivity contribution < 1.29 is 13.6 Å². The van der Waals surface area contributed by atoms with Gasteiger partial charge in [-0.15, -0.1) is 0 Å². The first kappa shape index (κ1) is 16.9. The highest BCUT2D eigenvalue weighted by Crippen LogP contribution is 2.23. The van der Waals surface area contributed by atoms with Crippen LogP contribution in [0.15, 0.2) is 60.9 Å². The third-order valence-corrected chi connectivity index (χ3v) is 4.22. The standard InChI is InChI=1S/C19H15F2N5O/c1-12-22-11-17(25(12)15-5-3-2-4-6-15)18(27)24-14-7-8-16-13(9-14)10-23-26(16)19(20)21/h2-11,19H,1H3,(H,24,27). The van der Waals surface area contributed by atoms with Crippen molar-refractivity contribution in [1.29, 1.82) is 0 Å². The van der Waals surface area contributed by atoms with Gasteiger partial charge >= 0.3 is 6.55 Å². The molecule has 4 rings (SSSR count). The van der Waals surface area contributed by atoms with Gasteiger partial charge in [0.2, 0.25) is 0 Å². The minimum absolute atomic E-state index is 0.299. The number of benzene rings is 2. The van der Waals surface area contributed by atoms with Gasteiger partial charge in [-0.3, -0.25) is 9.36 Å². The van der Waals surface area contributed by atoms with Crippen molar-refractivity contribution in [2.24, 2.45) is 0 Å². The fraction of sp³-hybridized carbons (Fsp3) is 0.105. The first-order valence-electron chi connectivity index (χ1n) is 8.21. The maximum atomic E-state index is 12.9. The van der Waals surface area contributed by atoms with E-state index in [9.17, 15) is 13.6 Å². The largest absolute Gasteiger partial charge is 0.333 e. The zero-order chi connectivity index (χ0) is 19.0. The van der Waals surface area contributed by atoms with Crippen LogP contribution in [0.3, 0.4) is 0 Å². The van der Waals surface area contributed by atoms with Crippen LogP contribution in [-0.4, -0.2) is 25.2 Å². The molecule has 0 aliphatic rings. The number of fused-ring (bicyclic) bond motifs is 1. The third kappa shape index (κ3) is 3.05. The molecule has 0 atom stereocenters. The molecule has 0 fully saturated rings. The number of alkyl halides is 2. The molecule has 0 aliphatic carbocycles. The number of carbonyl (C=O) groups is 1. The second-order valence-electron chi connectivity index (χ2n) is 5.96. The van der Waals surface area contributed by atoms with E-state index in [4.69, 9.17) is 0 Å². The predicted octanol–water partition coefficient (Wildman–Crippen LogP) is 4.18. The molecular weight excluding hydrogens is 352 g/mol. The number of hydrogen-bond donors (Lipinski definition) is 1. The quantitative estimate of drug-likeness (QED) is 0.589. The van der Waals surface area contributed by atoms with Crippen molar-refractivity contribution in [3.63, 3.8) is 0 Å². The average Bonchev–Trinajstić information content (AvgIpc) is 3.25. The van der Waals surface area contributed by atoms with Crippen molar-refractivity contribution in [2.45, 2.75) is 13.5 Å². The van der Waals surface area contributed by atoms with Crippen molar-refractivity contribution in [1.82, 2.24) is 19.3 Å². The molecule has 0 saturated carbocycles. The fourth-order valence-electron chi connectivity index (χ4n) is 2.99. The van der Waals surface area contributed by atoms with Crippen LogP contribution < -0.4 is 5.32 Å². The molecule has 0 unspecified atom stereocenters. The summed E-state index contributed by atoms with van der Waals surface area (Å²) in [5.74, 6) is 0.333. The third-order valence-electron chi connectivity index (χ3n) is 4.22. The average molecular weight is 367 g/mol. The summed E-state index contributed by atoms with van der Waals surface area (Å²) in [6.45, 7) is -0.902. The maximum absolute atomic E-state index is 12.9. The summed E-state index contributed by atoms with van der Waals surface area (Å²) in [6.07, 6.45) is 2.85. The normalized spacial score (nSPS) is 11.3. The van der Waals surface area contributed by atoms with Gasteiger partial charge in [-0.2, -0.15) is 13.9 Å². The van der Waals surface area contributed by atoms with Gasteiger partial charge in [0.1, 0.15) is 11.5 Å². The second-order valence-corrected chi connectivity index (χ2v) is 5.96. The van der Waals surface area contributed by atoms with Gasteiger partial charge in [0.25, 0.3) is 5.91 Å². The monoisotopic (exact) mass is 367 g/mol. The van der Waals surface area contributed by atoms with Gasteiger partial charge in [0, 0.05) is 16.8 Å². The summed E-state index contributed by atoms with van der Waals surface area (Å²) in [7, 11) is 0. The Bertz CT molecular complexity index is 1120. The summed E-state index contributed by atoms with van der Waals surface area (Å²) >= 11 is 0. The molecule has 0 radical (unpaired) electrons. The van der Waals surface area contributed by atoms with Gasteiger partial charge in [-0.05, 0) is 37.3 Å². The minimum atomic E-state index is -2.72. The summed E-state index contributed by atoms with van der Waals surface area (Å²) in [4.78, 5) is 17.0. The zero-order valence-corrected chi connectivity index (χ0v) is 14.3. The lowest BCUT2D eigenvalue weighted by atomic mass is 10.2. The highest BCUT2D eigenvalue weighted by atomic mass is 19.3. The number of hydrogen-bond acceptors (Lipinski definition) is 3. The highest BCUT2D eigenvalue weighted by molar-refractivity contribution is 6.04. The Balaban J connectivity index is 1.65. The number of carbonyl (C=O) groups excluding carboxylic acids is 1. The number of imidazole rings is 1. The van der Waals surface area contributed by atoms with Crippen molar-refractivity contribution in [3.8, 4) is 5.69 Å². The van der Waals surface area contributed by atoms with E-state index < -0.39 is 6.55 Å². The van der Waals surface area contributed by atoms with Crippen molar-refractivity contribution >= 4 is 22.5 Å². The SMILES string of the molecule is Cc1ncc(C(=O)Nc2ccc3c(cnn3C(F)F)c2)n1-c1ccccc1. The Labute approximate surface area is 153 Å². The van der Waals surface area contributed by atoms with Gasteiger partial charge in [0.15, 0.2) is 0 Å². The molecule has 1 amide bonds. The molecule has 2 heterocycles. The Hall–Kier alpha value is -3.55. The zero-order valence-electron chi connectivity index (χ0n) is 14.3. The summed E-state index contributed by atoms with van der Waals surface area (Å²) in [5, 5.41) is 6.97. The first-order chi connectivity index (χ1) is 13.0. The van der Waals surface area contributed by atoms with Gasteiger partial charge in [-0.1, -0.05) is 18.2 Å². The molecule has 0 aliphatic heterocycles. The van der Waals surface area contributed by atoms with Crippen LogP contribution >= 0.6 is 0 Å². The molecule has 2 aromatic heterocycles. The molecule has 6 nitrogen and oxygen atoms in total. The van der Waals surface area contributed by atoms with E-state index in [1.165, 1.54) is 18.5 Å². The minimum Gasteiger partial charge on any atom is -0.321 e. The first-order valence-corrected chi connectivity index (χ1v) is 8.21. The van der Waals surface area contributed by atoms with Crippen LogP contribution in [0.1, 0.15) is 22.9 Å². The van der Waals surface area contributed by atoms with Crippen molar-refractivity contribution in [3.05, 3.63) is 72.4 Å². The number of halogens is 2. The molecule has 0 saturated heterocycles. The topological polar surface area (TPSA) is 64.7 Å². The van der Waals surface area contributed by atoms with Gasteiger partial charge in [-0.25, -0.2) is 9.67 Å². The second kappa shape index (κ2) is 6.64. The Morgan fingerprint density at radius 3 is 2.63 bits per heavy atom. The van der Waals surface area contributed by atoms with E-state index >= 15 is 0 Å². The molecule has 136 valence electrons. The maximum Gasteiger partial charge on any atom is 0.333 e. The van der Waals surface area contributed by atoms with Crippen LogP contribution in [0.25, 0.3) is 16.6 Å². The number of amides is 1. The Morgan fingerprint density at radius 1 is 1.11 bits per heavy atom. The molecule has 8 heteroatoms. The molecule has 0 bridgehead atoms. The molecule has 2 aromatic carbocycles. The van der Waals surface area contributed by atoms with Crippen LogP contribution in [0.2, 0.25) is 0 Å². The number of nitrogens with zero attached hydrogens (tertiary/aromatic N) is 4. The molecule has 27 heavy (non-hydrogen) atoms. The number of anilines is 1. The number of rotatable bonds is 4. The highest BCUT2D eigenvalue weighted by Gasteiger charge is 2.17. The molecular formula is C19H15F2N5O. The number of aromatic nitrogens is 4. The summed E-state index contributed by atoms with van der Waals surface area (Å²) in [5.41, 5.74) is 1.99. The van der Waals surface area contributed by atoms with E-state index in [1.54, 1.807) is 16.7 Å². The van der Waals surface area contributed by atoms with Gasteiger partial charge < -0.3 is 5.32 Å². The van der Waals surface area contributed by atoms with Crippen LogP contribution in [0.5, 0.6) is 0 Å². The molecule has 1 N–H and O–H groups in total. The molecule has 4 aromatic rings. The van der Waals surface area contributed by atoms with Crippen LogP contribution in [0.4, 0.5) is 14.5 Å². The number of aryl methyl sites for hydroxylation is 1. The van der Waals surface area contributed by atoms with E-state index in [-0.39, 0.29) is 5.91 Å². The van der Waals surface area contributed by atoms with Crippen molar-refractivity contribution in [2.75, 3.05) is 5.32 Å². The van der Waals surface area contributed by atoms with E-state index in [0.29, 0.717) is 32.8 Å². The van der Waals surface area contributed by atoms with Gasteiger partial charge in [0.05, 0.1) is 17.9 Å². The lowest BCUT2D eigenvalue weighted by Crippen LogP contribution is -2.16. The number of nitrogens with one attached hydrogen (secondary N) is 1. The molecule has 0 spiro atoms. The fourth-order valence-corrected chi connectivity index (χ4v) is 2.99. The van der Waals surface area contributed by atoms with Crippen LogP contribution in [0, 0.1) is 6.92 Å². The summed E-state index contributed by atoms with van der Waals surface area (Å²) in [6, 6.07) is 14.1. The smallest absolute Gasteiger partial charge is 0.321 e. The lowest BCUT2D eigenvalue weighted by Gasteiger charge is -2.11. The predicted molar refractivity (Wildman–Crippen MR) is 97.2 cm³/mol. The Kier molecular flexibility index (Phi) is 4.15. The number of para-hydroxylation sites is 1. The summed E-state index contributed by atoms with van der Waals surface area (Å²) < 4.78 is 28.2. The van der Waals surface area contributed by atoms with E-state index in [0.717, 1.165) is 5.69 Å². The van der Waals surface area contributed by atoms with E-state index in [1.807, 2.05) is 37.3 Å². The van der Waals surface area contributed by atoms with Crippen LogP contribution in [-0.2, 0) is 0 Å².